The summed E-state index contributed by atoms with van der Waals surface area (Å²) in [6.07, 6.45) is 3.77. The summed E-state index contributed by atoms with van der Waals surface area (Å²) in [4.78, 5) is 4.19. The number of halogens is 1. The maximum absolute atomic E-state index is 5.78. The summed E-state index contributed by atoms with van der Waals surface area (Å²) in [5, 5.41) is 4.64. The van der Waals surface area contributed by atoms with E-state index in [1.807, 2.05) is 32.4 Å². The highest BCUT2D eigenvalue weighted by Gasteiger charge is 2.04. The van der Waals surface area contributed by atoms with Gasteiger partial charge in [0, 0.05) is 30.1 Å². The molecule has 0 bridgehead atoms. The first-order valence-electron chi connectivity index (χ1n) is 4.29. The average molecular weight is 208 g/mol. The van der Waals surface area contributed by atoms with Crippen LogP contribution in [0.15, 0.2) is 24.5 Å². The van der Waals surface area contributed by atoms with Crippen molar-refractivity contribution in [2.75, 3.05) is 0 Å². The van der Waals surface area contributed by atoms with Crippen LogP contribution in [0.3, 0.4) is 0 Å². The van der Waals surface area contributed by atoms with Crippen molar-refractivity contribution in [3.63, 3.8) is 0 Å². The second kappa shape index (κ2) is 3.42. The smallest absolute Gasteiger partial charge is 0.129 e. The van der Waals surface area contributed by atoms with E-state index in [1.165, 1.54) is 0 Å². The Morgan fingerprint density at radius 2 is 2.14 bits per heavy atom. The Hall–Kier alpha value is -1.35. The fourth-order valence-corrected chi connectivity index (χ4v) is 1.59. The predicted octanol–water partition coefficient (Wildman–Crippen LogP) is 2.44. The topological polar surface area (TPSA) is 30.7 Å². The molecule has 2 heterocycles. The van der Waals surface area contributed by atoms with Gasteiger partial charge >= 0.3 is 0 Å². The summed E-state index contributed by atoms with van der Waals surface area (Å²) >= 11 is 5.78. The fourth-order valence-electron chi connectivity index (χ4n) is 1.40. The predicted molar refractivity (Wildman–Crippen MR) is 56.2 cm³/mol. The molecule has 2 aromatic rings. The van der Waals surface area contributed by atoms with E-state index in [2.05, 4.69) is 10.1 Å². The van der Waals surface area contributed by atoms with Gasteiger partial charge in [-0.05, 0) is 19.1 Å². The van der Waals surface area contributed by atoms with Gasteiger partial charge in [0.1, 0.15) is 5.15 Å². The maximum atomic E-state index is 5.78. The molecule has 0 aliphatic carbocycles. The number of aryl methyl sites for hydroxylation is 2. The largest absolute Gasteiger partial charge is 0.275 e. The highest BCUT2D eigenvalue weighted by Crippen LogP contribution is 2.22. The lowest BCUT2D eigenvalue weighted by atomic mass is 10.1. The van der Waals surface area contributed by atoms with Crippen molar-refractivity contribution in [2.24, 2.45) is 7.05 Å². The van der Waals surface area contributed by atoms with Crippen molar-refractivity contribution in [3.05, 3.63) is 35.4 Å². The van der Waals surface area contributed by atoms with Gasteiger partial charge in [0.05, 0.1) is 6.20 Å². The molecule has 0 amide bonds. The lowest BCUT2D eigenvalue weighted by molar-refractivity contribution is 0.768. The number of aromatic nitrogens is 3. The van der Waals surface area contributed by atoms with Gasteiger partial charge in [0.25, 0.3) is 0 Å². The van der Waals surface area contributed by atoms with Crippen molar-refractivity contribution >= 4 is 11.6 Å². The standard InChI is InChI=1S/C10H10ClN3/c1-7-9(3-4-10(11)13-7)8-5-12-14(2)6-8/h3-6H,1-2H3. The van der Waals surface area contributed by atoms with Crippen molar-refractivity contribution in [2.45, 2.75) is 6.92 Å². The lowest BCUT2D eigenvalue weighted by Crippen LogP contribution is -1.87. The number of rotatable bonds is 1. The van der Waals surface area contributed by atoms with Crippen LogP contribution in [0.5, 0.6) is 0 Å². The van der Waals surface area contributed by atoms with Gasteiger partial charge in [-0.2, -0.15) is 5.10 Å². The highest BCUT2D eigenvalue weighted by molar-refractivity contribution is 6.29. The van der Waals surface area contributed by atoms with E-state index in [9.17, 15) is 0 Å². The van der Waals surface area contributed by atoms with Crippen LogP contribution in [0.25, 0.3) is 11.1 Å². The minimum atomic E-state index is 0.523. The number of pyridine rings is 1. The van der Waals surface area contributed by atoms with Crippen molar-refractivity contribution in [1.82, 2.24) is 14.8 Å². The minimum absolute atomic E-state index is 0.523. The molecule has 0 atom stereocenters. The van der Waals surface area contributed by atoms with Crippen LogP contribution in [0, 0.1) is 6.92 Å². The third-order valence-electron chi connectivity index (χ3n) is 2.07. The summed E-state index contributed by atoms with van der Waals surface area (Å²) in [6.45, 7) is 1.94. The van der Waals surface area contributed by atoms with E-state index in [0.717, 1.165) is 16.8 Å². The van der Waals surface area contributed by atoms with Gasteiger partial charge < -0.3 is 0 Å². The molecule has 3 nitrogen and oxygen atoms in total. The van der Waals surface area contributed by atoms with Gasteiger partial charge in [-0.3, -0.25) is 4.68 Å². The Morgan fingerprint density at radius 3 is 2.71 bits per heavy atom. The molecule has 0 aliphatic rings. The zero-order valence-electron chi connectivity index (χ0n) is 8.03. The SMILES string of the molecule is Cc1nc(Cl)ccc1-c1cnn(C)c1. The van der Waals surface area contributed by atoms with Crippen molar-refractivity contribution in [3.8, 4) is 11.1 Å². The van der Waals surface area contributed by atoms with E-state index in [4.69, 9.17) is 11.6 Å². The number of hydrogen-bond acceptors (Lipinski definition) is 2. The molecule has 0 unspecified atom stereocenters. The first-order chi connectivity index (χ1) is 6.66. The van der Waals surface area contributed by atoms with E-state index in [-0.39, 0.29) is 0 Å². The van der Waals surface area contributed by atoms with E-state index in [0.29, 0.717) is 5.15 Å². The molecule has 0 spiro atoms. The number of hydrogen-bond donors (Lipinski definition) is 0. The van der Waals surface area contributed by atoms with Crippen LogP contribution in [0.4, 0.5) is 0 Å². The molecule has 0 radical (unpaired) electrons. The van der Waals surface area contributed by atoms with Gasteiger partial charge in [-0.25, -0.2) is 4.98 Å². The molecule has 0 N–H and O–H groups in total. The first-order valence-corrected chi connectivity index (χ1v) is 4.67. The summed E-state index contributed by atoms with van der Waals surface area (Å²) in [6, 6.07) is 3.75. The summed E-state index contributed by atoms with van der Waals surface area (Å²) in [5.41, 5.74) is 3.06. The highest BCUT2D eigenvalue weighted by atomic mass is 35.5. The van der Waals surface area contributed by atoms with Crippen LogP contribution in [0.2, 0.25) is 5.15 Å². The van der Waals surface area contributed by atoms with Gasteiger partial charge in [0.2, 0.25) is 0 Å². The van der Waals surface area contributed by atoms with E-state index < -0.39 is 0 Å². The lowest BCUT2D eigenvalue weighted by Gasteiger charge is -2.01. The van der Waals surface area contributed by atoms with E-state index >= 15 is 0 Å². The minimum Gasteiger partial charge on any atom is -0.275 e. The molecular formula is C10H10ClN3. The van der Waals surface area contributed by atoms with Crippen molar-refractivity contribution in [1.29, 1.82) is 0 Å². The third-order valence-corrected chi connectivity index (χ3v) is 2.28. The summed E-state index contributed by atoms with van der Waals surface area (Å²) in [7, 11) is 1.89. The molecule has 4 heteroatoms. The average Bonchev–Trinajstić information content (AvgIpc) is 2.51. The fraction of sp³-hybridized carbons (Fsp3) is 0.200. The van der Waals surface area contributed by atoms with Gasteiger partial charge in [-0.15, -0.1) is 0 Å². The Morgan fingerprint density at radius 1 is 1.36 bits per heavy atom. The normalized spacial score (nSPS) is 10.5. The summed E-state index contributed by atoms with van der Waals surface area (Å²) < 4.78 is 1.77. The Labute approximate surface area is 87.3 Å². The zero-order chi connectivity index (χ0) is 10.1. The second-order valence-electron chi connectivity index (χ2n) is 3.17. The molecule has 14 heavy (non-hydrogen) atoms. The zero-order valence-corrected chi connectivity index (χ0v) is 8.78. The Balaban J connectivity index is 2.52. The molecule has 0 saturated carbocycles. The first kappa shape index (κ1) is 9.21. The maximum Gasteiger partial charge on any atom is 0.129 e. The molecule has 2 rings (SSSR count). The molecular weight excluding hydrogens is 198 g/mol. The van der Waals surface area contributed by atoms with E-state index in [1.54, 1.807) is 10.7 Å². The van der Waals surface area contributed by atoms with Crippen LogP contribution in [0.1, 0.15) is 5.69 Å². The van der Waals surface area contributed by atoms with Gasteiger partial charge in [-0.1, -0.05) is 11.6 Å². The van der Waals surface area contributed by atoms with Gasteiger partial charge in [0.15, 0.2) is 0 Å². The number of nitrogens with zero attached hydrogens (tertiary/aromatic N) is 3. The van der Waals surface area contributed by atoms with Crippen molar-refractivity contribution < 1.29 is 0 Å². The molecule has 0 fully saturated rings. The Kier molecular flexibility index (Phi) is 2.25. The molecule has 2 aromatic heterocycles. The summed E-state index contributed by atoms with van der Waals surface area (Å²) in [5.74, 6) is 0. The van der Waals surface area contributed by atoms with Crippen LogP contribution >= 0.6 is 11.6 Å². The molecule has 0 aromatic carbocycles. The van der Waals surface area contributed by atoms with Crippen LogP contribution in [-0.2, 0) is 7.05 Å². The second-order valence-corrected chi connectivity index (χ2v) is 3.56. The Bertz CT molecular complexity index is 462. The quantitative estimate of drug-likeness (QED) is 0.673. The monoisotopic (exact) mass is 207 g/mol. The molecule has 72 valence electrons. The third kappa shape index (κ3) is 1.63. The molecule has 0 aliphatic heterocycles. The van der Waals surface area contributed by atoms with Crippen LogP contribution < -0.4 is 0 Å². The van der Waals surface area contributed by atoms with Crippen LogP contribution in [-0.4, -0.2) is 14.8 Å². The molecule has 0 saturated heterocycles.